The molecule has 3 aromatic carbocycles. The van der Waals surface area contributed by atoms with E-state index in [9.17, 15) is 0 Å². The van der Waals surface area contributed by atoms with Gasteiger partial charge in [0, 0.05) is 22.9 Å². The molecule has 0 aliphatic heterocycles. The van der Waals surface area contributed by atoms with E-state index in [2.05, 4.69) is 109 Å². The Bertz CT molecular complexity index is 1240. The lowest BCUT2D eigenvalue weighted by Gasteiger charge is -2.10. The fourth-order valence-corrected chi connectivity index (χ4v) is 3.77. The van der Waals surface area contributed by atoms with E-state index in [0.29, 0.717) is 0 Å². The summed E-state index contributed by atoms with van der Waals surface area (Å²) in [7, 11) is 0. The van der Waals surface area contributed by atoms with Gasteiger partial charge in [0.25, 0.3) is 0 Å². The molecule has 2 aromatic heterocycles. The maximum atomic E-state index is 5.02. The molecule has 0 fully saturated rings. The van der Waals surface area contributed by atoms with E-state index < -0.39 is 0 Å². The van der Waals surface area contributed by atoms with E-state index in [-0.39, 0.29) is 0 Å². The van der Waals surface area contributed by atoms with Gasteiger partial charge in [-0.05, 0) is 24.1 Å². The molecule has 2 nitrogen and oxygen atoms in total. The minimum atomic E-state index is 0.967. The molecular formula is C26H20N2. The number of aryl methyl sites for hydroxylation is 1. The van der Waals surface area contributed by atoms with Crippen molar-refractivity contribution in [3.05, 3.63) is 109 Å². The zero-order valence-corrected chi connectivity index (χ0v) is 15.7. The van der Waals surface area contributed by atoms with Crippen LogP contribution in [0, 0.1) is 6.92 Å². The van der Waals surface area contributed by atoms with Crippen molar-refractivity contribution in [1.82, 2.24) is 9.38 Å². The number of hydrogen-bond donors (Lipinski definition) is 0. The number of hydrogen-bond acceptors (Lipinski definition) is 1. The van der Waals surface area contributed by atoms with Crippen molar-refractivity contribution >= 4 is 5.65 Å². The van der Waals surface area contributed by atoms with Crippen molar-refractivity contribution in [3.8, 4) is 33.6 Å². The van der Waals surface area contributed by atoms with Crippen molar-refractivity contribution in [2.24, 2.45) is 0 Å². The maximum absolute atomic E-state index is 5.02. The predicted molar refractivity (Wildman–Crippen MR) is 116 cm³/mol. The summed E-state index contributed by atoms with van der Waals surface area (Å²) in [6, 6.07) is 33.6. The van der Waals surface area contributed by atoms with Gasteiger partial charge in [-0.25, -0.2) is 4.98 Å². The minimum Gasteiger partial charge on any atom is -0.298 e. The van der Waals surface area contributed by atoms with Crippen molar-refractivity contribution in [2.45, 2.75) is 6.92 Å². The Labute approximate surface area is 164 Å². The van der Waals surface area contributed by atoms with Crippen LogP contribution < -0.4 is 0 Å². The second-order valence-electron chi connectivity index (χ2n) is 7.01. The molecule has 0 saturated carbocycles. The molecule has 0 radical (unpaired) electrons. The van der Waals surface area contributed by atoms with Crippen LogP contribution in [0.15, 0.2) is 103 Å². The van der Waals surface area contributed by atoms with Crippen LogP contribution >= 0.6 is 0 Å². The highest BCUT2D eigenvalue weighted by Crippen LogP contribution is 2.35. The Morgan fingerprint density at radius 2 is 1.18 bits per heavy atom. The van der Waals surface area contributed by atoms with Gasteiger partial charge in [0.1, 0.15) is 5.65 Å². The monoisotopic (exact) mass is 360 g/mol. The molecule has 0 unspecified atom stereocenters. The van der Waals surface area contributed by atoms with E-state index in [1.165, 1.54) is 16.7 Å². The van der Waals surface area contributed by atoms with Gasteiger partial charge in [0.15, 0.2) is 0 Å². The molecule has 0 N–H and O–H groups in total. The highest BCUT2D eigenvalue weighted by Gasteiger charge is 2.17. The molecule has 0 amide bonds. The molecule has 2 heteroatoms. The lowest BCUT2D eigenvalue weighted by molar-refractivity contribution is 1.18. The maximum Gasteiger partial charge on any atom is 0.138 e. The number of pyridine rings is 1. The van der Waals surface area contributed by atoms with Crippen LogP contribution in [0.3, 0.4) is 0 Å². The van der Waals surface area contributed by atoms with Gasteiger partial charge in [-0.2, -0.15) is 0 Å². The normalized spacial score (nSPS) is 11.0. The Hall–Kier alpha value is -3.65. The van der Waals surface area contributed by atoms with Crippen LogP contribution in [0.1, 0.15) is 5.56 Å². The molecule has 134 valence electrons. The number of fused-ring (bicyclic) bond motifs is 1. The minimum absolute atomic E-state index is 0.967. The third-order valence-corrected chi connectivity index (χ3v) is 5.15. The van der Waals surface area contributed by atoms with Crippen LogP contribution in [-0.2, 0) is 0 Å². The van der Waals surface area contributed by atoms with Crippen LogP contribution in [0.2, 0.25) is 0 Å². The van der Waals surface area contributed by atoms with E-state index >= 15 is 0 Å². The third-order valence-electron chi connectivity index (χ3n) is 5.15. The van der Waals surface area contributed by atoms with E-state index in [4.69, 9.17) is 4.98 Å². The quantitative estimate of drug-likeness (QED) is 0.352. The first-order valence-electron chi connectivity index (χ1n) is 9.50. The lowest BCUT2D eigenvalue weighted by Crippen LogP contribution is -1.93. The second-order valence-corrected chi connectivity index (χ2v) is 7.01. The Morgan fingerprint density at radius 1 is 0.643 bits per heavy atom. The molecule has 0 saturated heterocycles. The number of benzene rings is 3. The van der Waals surface area contributed by atoms with Gasteiger partial charge in [0.05, 0.1) is 11.4 Å². The molecule has 5 rings (SSSR count). The smallest absolute Gasteiger partial charge is 0.138 e. The molecule has 0 atom stereocenters. The molecule has 0 bridgehead atoms. The highest BCUT2D eigenvalue weighted by atomic mass is 15.0. The van der Waals surface area contributed by atoms with Gasteiger partial charge < -0.3 is 0 Å². The zero-order chi connectivity index (χ0) is 18.9. The van der Waals surface area contributed by atoms with Gasteiger partial charge in [-0.15, -0.1) is 0 Å². The van der Waals surface area contributed by atoms with Gasteiger partial charge >= 0.3 is 0 Å². The largest absolute Gasteiger partial charge is 0.298 e. The fraction of sp³-hybridized carbons (Fsp3) is 0.0385. The molecular weight excluding hydrogens is 340 g/mol. The topological polar surface area (TPSA) is 17.3 Å². The molecule has 2 heterocycles. The number of rotatable bonds is 3. The highest BCUT2D eigenvalue weighted by molar-refractivity contribution is 5.83. The Kier molecular flexibility index (Phi) is 4.02. The van der Waals surface area contributed by atoms with Crippen molar-refractivity contribution in [2.75, 3.05) is 0 Å². The van der Waals surface area contributed by atoms with E-state index in [0.717, 1.165) is 28.2 Å². The van der Waals surface area contributed by atoms with Crippen LogP contribution in [0.5, 0.6) is 0 Å². The second kappa shape index (κ2) is 6.82. The average molecular weight is 360 g/mol. The first-order valence-corrected chi connectivity index (χ1v) is 9.50. The van der Waals surface area contributed by atoms with Crippen molar-refractivity contribution in [3.63, 3.8) is 0 Å². The molecule has 0 aliphatic rings. The summed E-state index contributed by atoms with van der Waals surface area (Å²) >= 11 is 0. The first kappa shape index (κ1) is 16.5. The molecule has 0 spiro atoms. The van der Waals surface area contributed by atoms with E-state index in [1.54, 1.807) is 0 Å². The fourth-order valence-electron chi connectivity index (χ4n) is 3.77. The third kappa shape index (κ3) is 2.80. The number of nitrogens with zero attached hydrogens (tertiary/aromatic N) is 2. The zero-order valence-electron chi connectivity index (χ0n) is 15.7. The Balaban J connectivity index is 1.84. The lowest BCUT2D eigenvalue weighted by atomic mass is 10.0. The predicted octanol–water partition coefficient (Wildman–Crippen LogP) is 6.64. The number of aromatic nitrogens is 2. The summed E-state index contributed by atoms with van der Waals surface area (Å²) in [4.78, 5) is 5.02. The van der Waals surface area contributed by atoms with Crippen LogP contribution in [-0.4, -0.2) is 9.38 Å². The summed E-state index contributed by atoms with van der Waals surface area (Å²) in [6.45, 7) is 2.15. The summed E-state index contributed by atoms with van der Waals surface area (Å²) in [5, 5.41) is 0. The molecule has 28 heavy (non-hydrogen) atoms. The van der Waals surface area contributed by atoms with Gasteiger partial charge in [-0.3, -0.25) is 4.40 Å². The standard InChI is InChI=1S/C26H20N2/c1-19-17-24-27-25(21-13-7-3-8-14-21)26(22-15-9-4-10-16-22)28(24)18-23(19)20-11-5-2-6-12-20/h2-18H,1H3. The average Bonchev–Trinajstić information content (AvgIpc) is 3.13. The number of imidazole rings is 1. The molecule has 5 aromatic rings. The molecule has 0 aliphatic carbocycles. The van der Waals surface area contributed by atoms with Gasteiger partial charge in [0.2, 0.25) is 0 Å². The van der Waals surface area contributed by atoms with Crippen LogP contribution in [0.25, 0.3) is 39.3 Å². The van der Waals surface area contributed by atoms with E-state index in [1.807, 2.05) is 6.07 Å². The summed E-state index contributed by atoms with van der Waals surface area (Å²) in [6.07, 6.45) is 2.22. The summed E-state index contributed by atoms with van der Waals surface area (Å²) < 4.78 is 2.23. The summed E-state index contributed by atoms with van der Waals surface area (Å²) in [5.74, 6) is 0. The van der Waals surface area contributed by atoms with Crippen molar-refractivity contribution < 1.29 is 0 Å². The van der Waals surface area contributed by atoms with Crippen molar-refractivity contribution in [1.29, 1.82) is 0 Å². The van der Waals surface area contributed by atoms with Crippen LogP contribution in [0.4, 0.5) is 0 Å². The Morgan fingerprint density at radius 3 is 1.79 bits per heavy atom. The van der Waals surface area contributed by atoms with Gasteiger partial charge in [-0.1, -0.05) is 91.0 Å². The first-order chi connectivity index (χ1) is 13.8. The SMILES string of the molecule is Cc1cc2nc(-c3ccccc3)c(-c3ccccc3)n2cc1-c1ccccc1. The summed E-state index contributed by atoms with van der Waals surface area (Å²) in [5.41, 5.74) is 9.06.